The van der Waals surface area contributed by atoms with Gasteiger partial charge >= 0.3 is 12.3 Å². The molecule has 2 amide bonds. The van der Waals surface area contributed by atoms with E-state index in [0.29, 0.717) is 30.8 Å². The Labute approximate surface area is 234 Å². The molecule has 2 N–H and O–H groups in total. The second-order valence-corrected chi connectivity index (χ2v) is 11.4. The maximum atomic E-state index is 12.8. The van der Waals surface area contributed by atoms with E-state index in [1.165, 1.54) is 12.3 Å². The Kier molecular flexibility index (Phi) is 10.2. The van der Waals surface area contributed by atoms with Crippen molar-refractivity contribution in [2.24, 2.45) is 0 Å². The molecule has 1 aromatic carbocycles. The molecule has 12 heteroatoms. The minimum Gasteiger partial charge on any atom is -0.482 e. The van der Waals surface area contributed by atoms with Crippen LogP contribution in [0.15, 0.2) is 47.1 Å². The lowest BCUT2D eigenvalue weighted by Gasteiger charge is -2.34. The van der Waals surface area contributed by atoms with Crippen LogP contribution in [0.3, 0.4) is 0 Å². The summed E-state index contributed by atoms with van der Waals surface area (Å²) < 4.78 is 50.7. The highest BCUT2D eigenvalue weighted by Gasteiger charge is 2.31. The molecule has 0 saturated carbocycles. The molecule has 1 saturated heterocycles. The van der Waals surface area contributed by atoms with Crippen molar-refractivity contribution in [1.82, 2.24) is 20.5 Å². The third kappa shape index (κ3) is 9.99. The normalized spacial score (nSPS) is 17.7. The van der Waals surface area contributed by atoms with Gasteiger partial charge in [0.25, 0.3) is 5.91 Å². The van der Waals surface area contributed by atoms with E-state index in [-0.39, 0.29) is 11.7 Å². The fraction of sp³-hybridized carbons (Fsp3) is 0.519. The van der Waals surface area contributed by atoms with Crippen molar-refractivity contribution in [3.63, 3.8) is 0 Å². The van der Waals surface area contributed by atoms with Crippen molar-refractivity contribution in [2.45, 2.75) is 70.5 Å². The number of rotatable bonds is 8. The van der Waals surface area contributed by atoms with Gasteiger partial charge in [-0.1, -0.05) is 28.1 Å². The number of likely N-dealkylation sites (tertiary alicyclic amines) is 1. The number of nitrogens with one attached hydrogen (secondary N) is 2. The second-order valence-electron chi connectivity index (χ2n) is 10.5. The topological polar surface area (TPSA) is 92.8 Å². The average Bonchev–Trinajstić information content (AvgIpc) is 2.85. The number of pyridine rings is 1. The zero-order chi connectivity index (χ0) is 28.8. The van der Waals surface area contributed by atoms with Crippen LogP contribution in [-0.2, 0) is 4.74 Å². The highest BCUT2D eigenvalue weighted by molar-refractivity contribution is 9.10. The van der Waals surface area contributed by atoms with Gasteiger partial charge in [0.05, 0.1) is 12.7 Å². The first-order valence-corrected chi connectivity index (χ1v) is 13.5. The molecule has 8 nitrogen and oxygen atoms in total. The number of ether oxygens (including phenoxy) is 2. The van der Waals surface area contributed by atoms with E-state index in [0.717, 1.165) is 10.9 Å². The van der Waals surface area contributed by atoms with Gasteiger partial charge in [0.15, 0.2) is 0 Å². The fourth-order valence-corrected chi connectivity index (χ4v) is 4.34. The standard InChI is InChI=1S/C27H34BrF3N4O4/c1-17(33-16-27(29,30)31)23(18-7-9-19(28)10-8-18)38-21-11-12-22(32-14-21)24(36)34-20-6-5-13-35(15-20)25(37)39-26(2,3)4/h7-12,14,17,20,23,33H,5-6,13,15-16H2,1-4H3,(H,34,36)/t17-,20-,23-/m0/s1. The van der Waals surface area contributed by atoms with Crippen LogP contribution in [0.25, 0.3) is 0 Å². The molecule has 0 bridgehead atoms. The molecule has 3 rings (SSSR count). The maximum absolute atomic E-state index is 12.8. The molecule has 214 valence electrons. The van der Waals surface area contributed by atoms with Crippen LogP contribution in [0.4, 0.5) is 18.0 Å². The Morgan fingerprint density at radius 2 is 1.85 bits per heavy atom. The van der Waals surface area contributed by atoms with Gasteiger partial charge in [-0.15, -0.1) is 0 Å². The van der Waals surface area contributed by atoms with E-state index in [1.54, 1.807) is 62.9 Å². The molecular weight excluding hydrogens is 581 g/mol. The Morgan fingerprint density at radius 1 is 1.15 bits per heavy atom. The van der Waals surface area contributed by atoms with Crippen LogP contribution < -0.4 is 15.4 Å². The summed E-state index contributed by atoms with van der Waals surface area (Å²) in [4.78, 5) is 31.0. The van der Waals surface area contributed by atoms with Crippen LogP contribution in [0.5, 0.6) is 5.75 Å². The number of benzene rings is 1. The number of carbonyl (C=O) groups excluding carboxylic acids is 2. The molecule has 39 heavy (non-hydrogen) atoms. The maximum Gasteiger partial charge on any atom is 0.410 e. The zero-order valence-corrected chi connectivity index (χ0v) is 23.9. The van der Waals surface area contributed by atoms with Gasteiger partial charge in [0, 0.05) is 29.6 Å². The van der Waals surface area contributed by atoms with Crippen LogP contribution in [0, 0.1) is 0 Å². The number of hydrogen-bond donors (Lipinski definition) is 2. The summed E-state index contributed by atoms with van der Waals surface area (Å²) in [6.45, 7) is 6.74. The third-order valence-electron chi connectivity index (χ3n) is 5.92. The molecular formula is C27H34BrF3N4O4. The number of hydrogen-bond acceptors (Lipinski definition) is 6. The smallest absolute Gasteiger partial charge is 0.410 e. The Balaban J connectivity index is 1.64. The third-order valence-corrected chi connectivity index (χ3v) is 6.45. The first kappa shape index (κ1) is 30.7. The Bertz CT molecular complexity index is 1110. The van der Waals surface area contributed by atoms with E-state index in [1.807, 2.05) is 0 Å². The van der Waals surface area contributed by atoms with Gasteiger partial charge < -0.3 is 25.0 Å². The van der Waals surface area contributed by atoms with Crippen LogP contribution in [0.2, 0.25) is 0 Å². The van der Waals surface area contributed by atoms with E-state index in [9.17, 15) is 22.8 Å². The highest BCUT2D eigenvalue weighted by Crippen LogP contribution is 2.27. The van der Waals surface area contributed by atoms with Gasteiger partial charge in [-0.2, -0.15) is 13.2 Å². The first-order valence-electron chi connectivity index (χ1n) is 12.7. The highest BCUT2D eigenvalue weighted by atomic mass is 79.9. The van der Waals surface area contributed by atoms with Gasteiger partial charge in [-0.05, 0) is 70.4 Å². The number of piperidine rings is 1. The fourth-order valence-electron chi connectivity index (χ4n) is 4.07. The van der Waals surface area contributed by atoms with Gasteiger partial charge in [-0.25, -0.2) is 9.78 Å². The largest absolute Gasteiger partial charge is 0.482 e. The minimum absolute atomic E-state index is 0.153. The average molecular weight is 615 g/mol. The Morgan fingerprint density at radius 3 is 2.44 bits per heavy atom. The molecule has 1 aliphatic heterocycles. The van der Waals surface area contributed by atoms with Crippen LogP contribution in [-0.4, -0.2) is 65.4 Å². The SMILES string of the molecule is C[C@H](NCC(F)(F)F)[C@H](Oc1ccc(C(=O)N[C@H]2CCCN(C(=O)OC(C)(C)C)C2)nc1)c1ccc(Br)cc1. The van der Waals surface area contributed by atoms with Gasteiger partial charge in [0.2, 0.25) is 0 Å². The summed E-state index contributed by atoms with van der Waals surface area (Å²) in [5.74, 6) is -0.101. The quantitative estimate of drug-likeness (QED) is 0.400. The summed E-state index contributed by atoms with van der Waals surface area (Å²) in [6.07, 6.45) is -2.72. The van der Waals surface area contributed by atoms with E-state index < -0.39 is 42.5 Å². The number of aromatic nitrogens is 1. The number of alkyl halides is 3. The van der Waals surface area contributed by atoms with Gasteiger partial charge in [0.1, 0.15) is 23.1 Å². The molecule has 0 radical (unpaired) electrons. The van der Waals surface area contributed by atoms with Crippen LogP contribution in [0.1, 0.15) is 62.7 Å². The van der Waals surface area contributed by atoms with E-state index >= 15 is 0 Å². The summed E-state index contributed by atoms with van der Waals surface area (Å²) in [5.41, 5.74) is 0.220. The van der Waals surface area contributed by atoms with E-state index in [4.69, 9.17) is 9.47 Å². The molecule has 3 atom stereocenters. The molecule has 2 aromatic rings. The summed E-state index contributed by atoms with van der Waals surface area (Å²) in [6, 6.07) is 9.20. The molecule has 1 aliphatic rings. The number of carbonyl (C=O) groups is 2. The van der Waals surface area contributed by atoms with Crippen molar-refractivity contribution < 1.29 is 32.2 Å². The molecule has 1 aromatic heterocycles. The first-order chi connectivity index (χ1) is 18.2. The number of amides is 2. The summed E-state index contributed by atoms with van der Waals surface area (Å²) >= 11 is 3.36. The van der Waals surface area contributed by atoms with E-state index in [2.05, 4.69) is 31.5 Å². The molecule has 0 unspecified atom stereocenters. The lowest BCUT2D eigenvalue weighted by molar-refractivity contribution is -0.127. The van der Waals surface area contributed by atoms with Crippen molar-refractivity contribution in [3.05, 3.63) is 58.3 Å². The summed E-state index contributed by atoms with van der Waals surface area (Å²) in [5, 5.41) is 5.38. The molecule has 0 spiro atoms. The van der Waals surface area contributed by atoms with Crippen molar-refractivity contribution >= 4 is 27.9 Å². The number of halogens is 4. The molecule has 0 aliphatic carbocycles. The monoisotopic (exact) mass is 614 g/mol. The minimum atomic E-state index is -4.36. The zero-order valence-electron chi connectivity index (χ0n) is 22.3. The lowest BCUT2D eigenvalue weighted by Crippen LogP contribution is -2.50. The summed E-state index contributed by atoms with van der Waals surface area (Å²) in [7, 11) is 0. The predicted octanol–water partition coefficient (Wildman–Crippen LogP) is 5.63. The van der Waals surface area contributed by atoms with Crippen molar-refractivity contribution in [3.8, 4) is 5.75 Å². The predicted molar refractivity (Wildman–Crippen MR) is 144 cm³/mol. The lowest BCUT2D eigenvalue weighted by atomic mass is 10.0. The van der Waals surface area contributed by atoms with Crippen LogP contribution >= 0.6 is 15.9 Å². The van der Waals surface area contributed by atoms with Gasteiger partial charge in [-0.3, -0.25) is 4.79 Å². The van der Waals surface area contributed by atoms with Crippen molar-refractivity contribution in [2.75, 3.05) is 19.6 Å². The van der Waals surface area contributed by atoms with Crippen molar-refractivity contribution in [1.29, 1.82) is 0 Å². The number of nitrogens with zero attached hydrogens (tertiary/aromatic N) is 2. The second kappa shape index (κ2) is 13.0. The molecule has 2 heterocycles. The Hall–Kier alpha value is -2.86. The molecule has 1 fully saturated rings.